The van der Waals surface area contributed by atoms with Gasteiger partial charge in [0.15, 0.2) is 0 Å². The fraction of sp³-hybridized carbons (Fsp3) is 0.261. The lowest BCUT2D eigenvalue weighted by molar-refractivity contribution is 0.0728. The molecule has 4 rings (SSSR count). The molecule has 0 aliphatic heterocycles. The monoisotopic (exact) mass is 438 g/mol. The number of thiophene rings is 1. The molecular formula is C23H23FN4O2S. The first-order chi connectivity index (χ1) is 15.1. The summed E-state index contributed by atoms with van der Waals surface area (Å²) in [7, 11) is 1.66. The molecule has 0 saturated heterocycles. The van der Waals surface area contributed by atoms with Crippen LogP contribution < -0.4 is 0 Å². The molecule has 4 aromatic rings. The van der Waals surface area contributed by atoms with Crippen LogP contribution in [-0.2, 0) is 11.3 Å². The summed E-state index contributed by atoms with van der Waals surface area (Å²) in [4.78, 5) is 20.8. The number of halogens is 1. The number of carbonyl (C=O) groups excluding carboxylic acids is 1. The molecule has 31 heavy (non-hydrogen) atoms. The van der Waals surface area contributed by atoms with Crippen molar-refractivity contribution in [2.24, 2.45) is 0 Å². The minimum atomic E-state index is -0.297. The molecule has 160 valence electrons. The van der Waals surface area contributed by atoms with E-state index in [0.717, 1.165) is 33.6 Å². The van der Waals surface area contributed by atoms with E-state index >= 15 is 0 Å². The van der Waals surface area contributed by atoms with Crippen LogP contribution in [0.4, 0.5) is 4.39 Å². The SMILES string of the molecule is COCCCN(Cc1ccncc1)C(=O)c1cc2c(C)nn(-c3ccc(F)cc3)c2s1. The third-order valence-electron chi connectivity index (χ3n) is 5.01. The topological polar surface area (TPSA) is 60.2 Å². The molecule has 0 atom stereocenters. The normalized spacial score (nSPS) is 11.2. The Morgan fingerprint density at radius 1 is 1.19 bits per heavy atom. The Morgan fingerprint density at radius 2 is 1.94 bits per heavy atom. The molecule has 0 unspecified atom stereocenters. The molecule has 8 heteroatoms. The third-order valence-corrected chi connectivity index (χ3v) is 6.11. The van der Waals surface area contributed by atoms with Gasteiger partial charge in [0.1, 0.15) is 10.6 Å². The van der Waals surface area contributed by atoms with Gasteiger partial charge < -0.3 is 9.64 Å². The van der Waals surface area contributed by atoms with Crippen molar-refractivity contribution in [3.63, 3.8) is 0 Å². The van der Waals surface area contributed by atoms with Crippen LogP contribution in [0, 0.1) is 12.7 Å². The number of aromatic nitrogens is 3. The Bertz CT molecular complexity index is 1170. The predicted octanol–water partition coefficient (Wildman–Crippen LogP) is 4.61. The van der Waals surface area contributed by atoms with Crippen LogP contribution in [0.2, 0.25) is 0 Å². The molecule has 0 bridgehead atoms. The highest BCUT2D eigenvalue weighted by molar-refractivity contribution is 7.20. The number of hydrogen-bond donors (Lipinski definition) is 0. The van der Waals surface area contributed by atoms with Gasteiger partial charge in [0.25, 0.3) is 5.91 Å². The van der Waals surface area contributed by atoms with Crippen molar-refractivity contribution in [1.29, 1.82) is 0 Å². The first kappa shape index (κ1) is 21.1. The van der Waals surface area contributed by atoms with Crippen LogP contribution in [-0.4, -0.2) is 45.8 Å². The van der Waals surface area contributed by atoms with E-state index in [0.29, 0.717) is 24.6 Å². The average Bonchev–Trinajstić information content (AvgIpc) is 3.35. The van der Waals surface area contributed by atoms with E-state index in [9.17, 15) is 9.18 Å². The first-order valence-electron chi connectivity index (χ1n) is 9.99. The van der Waals surface area contributed by atoms with Gasteiger partial charge in [0.05, 0.1) is 16.3 Å². The number of amides is 1. The maximum atomic E-state index is 13.4. The summed E-state index contributed by atoms with van der Waals surface area (Å²) in [6.07, 6.45) is 4.21. The molecule has 0 fully saturated rings. The number of pyridine rings is 1. The number of nitrogens with zero attached hydrogens (tertiary/aromatic N) is 4. The molecule has 0 radical (unpaired) electrons. The standard InChI is InChI=1S/C23H23FN4O2S/c1-16-20-14-21(31-23(20)28(26-16)19-6-4-18(24)5-7-19)22(29)27(12-3-13-30-2)15-17-8-10-25-11-9-17/h4-11,14H,3,12-13,15H2,1-2H3. The van der Waals surface area contributed by atoms with Crippen molar-refractivity contribution in [2.45, 2.75) is 19.9 Å². The van der Waals surface area contributed by atoms with Gasteiger partial charge in [-0.05, 0) is 61.4 Å². The molecule has 3 aromatic heterocycles. The summed E-state index contributed by atoms with van der Waals surface area (Å²) in [6.45, 7) is 3.59. The van der Waals surface area contributed by atoms with Gasteiger partial charge in [-0.25, -0.2) is 9.07 Å². The number of methoxy groups -OCH3 is 1. The second-order valence-corrected chi connectivity index (χ2v) is 8.26. The molecule has 0 aliphatic carbocycles. The maximum Gasteiger partial charge on any atom is 0.264 e. The van der Waals surface area contributed by atoms with Crippen molar-refractivity contribution in [2.75, 3.05) is 20.3 Å². The maximum absolute atomic E-state index is 13.4. The summed E-state index contributed by atoms with van der Waals surface area (Å²) in [5.74, 6) is -0.326. The summed E-state index contributed by atoms with van der Waals surface area (Å²) < 4.78 is 20.3. The molecule has 0 N–H and O–H groups in total. The van der Waals surface area contributed by atoms with E-state index in [1.807, 2.05) is 30.0 Å². The molecule has 1 amide bonds. The molecule has 0 aliphatic rings. The Morgan fingerprint density at radius 3 is 2.65 bits per heavy atom. The largest absolute Gasteiger partial charge is 0.385 e. The number of hydrogen-bond acceptors (Lipinski definition) is 5. The zero-order valence-electron chi connectivity index (χ0n) is 17.4. The molecule has 1 aromatic carbocycles. The Kier molecular flexibility index (Phi) is 6.39. The highest BCUT2D eigenvalue weighted by Crippen LogP contribution is 2.31. The third kappa shape index (κ3) is 4.65. The Labute approximate surface area is 183 Å². The first-order valence-corrected chi connectivity index (χ1v) is 10.8. The summed E-state index contributed by atoms with van der Waals surface area (Å²) in [6, 6.07) is 11.9. The Hall–Kier alpha value is -3.10. The predicted molar refractivity (Wildman–Crippen MR) is 119 cm³/mol. The van der Waals surface area contributed by atoms with Crippen LogP contribution in [0.3, 0.4) is 0 Å². The van der Waals surface area contributed by atoms with Gasteiger partial charge in [-0.1, -0.05) is 0 Å². The van der Waals surface area contributed by atoms with Gasteiger partial charge in [-0.3, -0.25) is 9.78 Å². The number of rotatable bonds is 8. The van der Waals surface area contributed by atoms with Gasteiger partial charge >= 0.3 is 0 Å². The van der Waals surface area contributed by atoms with E-state index < -0.39 is 0 Å². The van der Waals surface area contributed by atoms with E-state index in [1.54, 1.807) is 36.3 Å². The van der Waals surface area contributed by atoms with Crippen molar-refractivity contribution in [3.05, 3.63) is 76.8 Å². The minimum absolute atomic E-state index is 0.0285. The highest BCUT2D eigenvalue weighted by Gasteiger charge is 2.22. The van der Waals surface area contributed by atoms with Gasteiger partial charge in [-0.15, -0.1) is 11.3 Å². The summed E-state index contributed by atoms with van der Waals surface area (Å²) in [5, 5.41) is 5.51. The molecule has 0 spiro atoms. The number of benzene rings is 1. The number of ether oxygens (including phenoxy) is 1. The fourth-order valence-electron chi connectivity index (χ4n) is 3.43. The van der Waals surface area contributed by atoms with Gasteiger partial charge in [-0.2, -0.15) is 5.10 Å². The highest BCUT2D eigenvalue weighted by atomic mass is 32.1. The van der Waals surface area contributed by atoms with Crippen molar-refractivity contribution in [1.82, 2.24) is 19.7 Å². The number of fused-ring (bicyclic) bond motifs is 1. The average molecular weight is 439 g/mol. The van der Waals surface area contributed by atoms with Gasteiger partial charge in [0, 0.05) is 44.6 Å². The van der Waals surface area contributed by atoms with E-state index in [2.05, 4.69) is 10.1 Å². The molecular weight excluding hydrogens is 415 g/mol. The summed E-state index contributed by atoms with van der Waals surface area (Å²) >= 11 is 1.40. The quantitative estimate of drug-likeness (QED) is 0.377. The lowest BCUT2D eigenvalue weighted by atomic mass is 10.2. The summed E-state index contributed by atoms with van der Waals surface area (Å²) in [5.41, 5.74) is 2.61. The van der Waals surface area contributed by atoms with E-state index in [-0.39, 0.29) is 11.7 Å². The number of aryl methyl sites for hydroxylation is 1. The van der Waals surface area contributed by atoms with Crippen LogP contribution in [0.25, 0.3) is 15.9 Å². The van der Waals surface area contributed by atoms with Crippen LogP contribution in [0.5, 0.6) is 0 Å². The smallest absolute Gasteiger partial charge is 0.264 e. The van der Waals surface area contributed by atoms with Crippen LogP contribution >= 0.6 is 11.3 Å². The number of carbonyl (C=O) groups is 1. The zero-order valence-corrected chi connectivity index (χ0v) is 18.2. The molecule has 3 heterocycles. The van der Waals surface area contributed by atoms with Crippen molar-refractivity contribution in [3.8, 4) is 5.69 Å². The van der Waals surface area contributed by atoms with E-state index in [4.69, 9.17) is 4.74 Å². The zero-order chi connectivity index (χ0) is 21.8. The lowest BCUT2D eigenvalue weighted by Gasteiger charge is -2.22. The Balaban J connectivity index is 1.65. The fourth-order valence-corrected chi connectivity index (χ4v) is 4.58. The van der Waals surface area contributed by atoms with Crippen LogP contribution in [0.1, 0.15) is 27.3 Å². The van der Waals surface area contributed by atoms with Gasteiger partial charge in [0.2, 0.25) is 0 Å². The lowest BCUT2D eigenvalue weighted by Crippen LogP contribution is -2.31. The second kappa shape index (κ2) is 9.36. The molecule has 0 saturated carbocycles. The van der Waals surface area contributed by atoms with Crippen molar-refractivity contribution < 1.29 is 13.9 Å². The second-order valence-electron chi connectivity index (χ2n) is 7.23. The minimum Gasteiger partial charge on any atom is -0.385 e. The van der Waals surface area contributed by atoms with Crippen LogP contribution in [0.15, 0.2) is 54.9 Å². The van der Waals surface area contributed by atoms with Crippen molar-refractivity contribution >= 4 is 27.5 Å². The molecule has 6 nitrogen and oxygen atoms in total. The van der Waals surface area contributed by atoms with E-state index in [1.165, 1.54) is 23.5 Å².